The minimum atomic E-state index is -1.35. The molecule has 0 unspecified atom stereocenters. The molecule has 8 heteroatoms. The fourth-order valence-electron chi connectivity index (χ4n) is 3.41. The van der Waals surface area contributed by atoms with Gasteiger partial charge in [-0.25, -0.2) is 0 Å². The van der Waals surface area contributed by atoms with Gasteiger partial charge in [-0.1, -0.05) is 36.8 Å². The Hall–Kier alpha value is -1.45. The number of hydrogen-bond acceptors (Lipinski definition) is 6. The summed E-state index contributed by atoms with van der Waals surface area (Å²) in [5, 5.41) is 30.8. The van der Waals surface area contributed by atoms with Gasteiger partial charge in [0.1, 0.15) is 5.54 Å². The second kappa shape index (κ2) is 9.31. The fourth-order valence-corrected chi connectivity index (χ4v) is 3.41. The van der Waals surface area contributed by atoms with Crippen LogP contribution in [-0.4, -0.2) is 64.9 Å². The van der Waals surface area contributed by atoms with E-state index in [0.29, 0.717) is 25.9 Å². The van der Waals surface area contributed by atoms with Gasteiger partial charge in [0.25, 0.3) is 0 Å². The molecule has 6 N–H and O–H groups in total. The lowest BCUT2D eigenvalue weighted by atomic mass is 9.78. The van der Waals surface area contributed by atoms with E-state index in [4.69, 9.17) is 15.8 Å². The number of nitrogens with one attached hydrogen (secondary N) is 1. The predicted octanol–water partition coefficient (Wildman–Crippen LogP) is -0.257. The number of carbonyl (C=O) groups is 1. The van der Waals surface area contributed by atoms with E-state index in [1.54, 1.807) is 0 Å². The van der Waals surface area contributed by atoms with Crippen molar-refractivity contribution in [2.45, 2.75) is 31.2 Å². The van der Waals surface area contributed by atoms with E-state index in [9.17, 15) is 9.90 Å². The van der Waals surface area contributed by atoms with E-state index in [2.05, 4.69) is 22.3 Å². The van der Waals surface area contributed by atoms with Gasteiger partial charge >= 0.3 is 13.1 Å². The Bertz CT molecular complexity index is 546. The highest BCUT2D eigenvalue weighted by molar-refractivity contribution is 6.40. The maximum atomic E-state index is 11.6. The average molecular weight is 349 g/mol. The summed E-state index contributed by atoms with van der Waals surface area (Å²) in [4.78, 5) is 13.7. The van der Waals surface area contributed by atoms with Crippen molar-refractivity contribution in [3.05, 3.63) is 35.9 Å². The van der Waals surface area contributed by atoms with Gasteiger partial charge in [0.2, 0.25) is 0 Å². The number of aliphatic carboxylic acids is 1. The quantitative estimate of drug-likeness (QED) is 0.292. The number of nitrogens with two attached hydrogens (primary N) is 1. The van der Waals surface area contributed by atoms with Crippen molar-refractivity contribution in [3.8, 4) is 0 Å². The van der Waals surface area contributed by atoms with Crippen LogP contribution in [0, 0.1) is 5.92 Å². The molecular formula is C17H28BN3O4. The predicted molar refractivity (Wildman–Crippen MR) is 96.9 cm³/mol. The van der Waals surface area contributed by atoms with Crippen LogP contribution in [0.1, 0.15) is 18.4 Å². The van der Waals surface area contributed by atoms with Gasteiger partial charge in [-0.3, -0.25) is 9.69 Å². The van der Waals surface area contributed by atoms with Crippen LogP contribution < -0.4 is 11.1 Å². The zero-order chi connectivity index (χ0) is 18.3. The van der Waals surface area contributed by atoms with Crippen molar-refractivity contribution in [2.24, 2.45) is 11.7 Å². The number of nitrogens with zero attached hydrogens (tertiary/aromatic N) is 1. The van der Waals surface area contributed by atoms with E-state index in [-0.39, 0.29) is 12.2 Å². The Kier molecular flexibility index (Phi) is 7.40. The summed E-state index contributed by atoms with van der Waals surface area (Å²) in [7, 11) is -1.35. The topological polar surface area (TPSA) is 119 Å². The molecule has 138 valence electrons. The van der Waals surface area contributed by atoms with Crippen LogP contribution in [0.15, 0.2) is 30.3 Å². The Morgan fingerprint density at radius 3 is 2.72 bits per heavy atom. The largest absolute Gasteiger partial charge is 0.480 e. The molecule has 1 fully saturated rings. The Morgan fingerprint density at radius 1 is 1.36 bits per heavy atom. The molecule has 2 atom stereocenters. The Morgan fingerprint density at radius 2 is 2.08 bits per heavy atom. The molecule has 0 bridgehead atoms. The number of rotatable bonds is 10. The molecule has 0 amide bonds. The first-order valence-electron chi connectivity index (χ1n) is 8.77. The maximum absolute atomic E-state index is 11.6. The van der Waals surface area contributed by atoms with E-state index in [1.807, 2.05) is 18.2 Å². The number of carboxylic acids is 1. The molecule has 0 aliphatic carbocycles. The molecule has 1 aliphatic rings. The van der Waals surface area contributed by atoms with Crippen molar-refractivity contribution < 1.29 is 19.9 Å². The molecule has 25 heavy (non-hydrogen) atoms. The van der Waals surface area contributed by atoms with Crippen LogP contribution in [0.5, 0.6) is 0 Å². The molecule has 1 heterocycles. The van der Waals surface area contributed by atoms with Crippen LogP contribution in [0.2, 0.25) is 6.32 Å². The Labute approximate surface area is 149 Å². The van der Waals surface area contributed by atoms with Crippen LogP contribution >= 0.6 is 0 Å². The molecule has 2 rings (SSSR count). The van der Waals surface area contributed by atoms with E-state index < -0.39 is 18.6 Å². The van der Waals surface area contributed by atoms with Crippen LogP contribution in [0.4, 0.5) is 0 Å². The second-order valence-corrected chi connectivity index (χ2v) is 6.85. The monoisotopic (exact) mass is 349 g/mol. The van der Waals surface area contributed by atoms with Gasteiger partial charge in [0.05, 0.1) is 0 Å². The molecule has 1 aromatic rings. The summed E-state index contributed by atoms with van der Waals surface area (Å²) in [6, 6.07) is 10.1. The molecule has 0 radical (unpaired) electrons. The standard InChI is InChI=1S/C17H28BN3O4/c19-17(16(22)23)13-21(12-15(17)7-4-8-18(24)25)10-9-20-11-14-5-2-1-3-6-14/h1-3,5-6,15,20,24-25H,4,7-13,19H2,(H,22,23)/t15-,17-/m0/s1. The molecule has 7 nitrogen and oxygen atoms in total. The molecule has 1 aromatic carbocycles. The van der Waals surface area contributed by atoms with Crippen LogP contribution in [-0.2, 0) is 11.3 Å². The van der Waals surface area contributed by atoms with Crippen molar-refractivity contribution in [1.82, 2.24) is 10.2 Å². The zero-order valence-corrected chi connectivity index (χ0v) is 14.5. The van der Waals surface area contributed by atoms with Gasteiger partial charge in [0, 0.05) is 38.6 Å². The van der Waals surface area contributed by atoms with Crippen molar-refractivity contribution >= 4 is 13.1 Å². The molecule has 0 aromatic heterocycles. The molecule has 1 saturated heterocycles. The summed E-state index contributed by atoms with van der Waals surface area (Å²) < 4.78 is 0. The summed E-state index contributed by atoms with van der Waals surface area (Å²) in [6.45, 7) is 3.21. The molecular weight excluding hydrogens is 321 g/mol. The highest BCUT2D eigenvalue weighted by Gasteiger charge is 2.48. The lowest BCUT2D eigenvalue weighted by Crippen LogP contribution is -2.55. The van der Waals surface area contributed by atoms with Gasteiger partial charge in [-0.15, -0.1) is 0 Å². The average Bonchev–Trinajstić information content (AvgIpc) is 2.90. The summed E-state index contributed by atoms with van der Waals surface area (Å²) in [6.07, 6.45) is 1.37. The highest BCUT2D eigenvalue weighted by atomic mass is 16.4. The van der Waals surface area contributed by atoms with Crippen molar-refractivity contribution in [3.63, 3.8) is 0 Å². The third kappa shape index (κ3) is 5.79. The smallest absolute Gasteiger partial charge is 0.451 e. The normalized spacial score (nSPS) is 23.7. The third-order valence-corrected chi connectivity index (χ3v) is 4.88. The van der Waals surface area contributed by atoms with Crippen LogP contribution in [0.3, 0.4) is 0 Å². The number of hydrogen-bond donors (Lipinski definition) is 5. The first-order chi connectivity index (χ1) is 11.9. The van der Waals surface area contributed by atoms with Gasteiger partial charge in [-0.05, 0) is 18.3 Å². The summed E-state index contributed by atoms with van der Waals surface area (Å²) in [5.74, 6) is -1.17. The fraction of sp³-hybridized carbons (Fsp3) is 0.588. The van der Waals surface area contributed by atoms with E-state index in [1.165, 1.54) is 5.56 Å². The number of benzene rings is 1. The molecule has 1 aliphatic heterocycles. The highest BCUT2D eigenvalue weighted by Crippen LogP contribution is 2.30. The van der Waals surface area contributed by atoms with Gasteiger partial charge < -0.3 is 26.2 Å². The first kappa shape index (κ1) is 19.9. The summed E-state index contributed by atoms with van der Waals surface area (Å²) >= 11 is 0. The summed E-state index contributed by atoms with van der Waals surface area (Å²) in [5.41, 5.74) is 6.11. The molecule has 0 saturated carbocycles. The van der Waals surface area contributed by atoms with Crippen molar-refractivity contribution in [2.75, 3.05) is 26.2 Å². The first-order valence-corrected chi connectivity index (χ1v) is 8.77. The second-order valence-electron chi connectivity index (χ2n) is 6.85. The number of carboxylic acid groups (broad SMARTS) is 1. The Balaban J connectivity index is 1.78. The van der Waals surface area contributed by atoms with Crippen molar-refractivity contribution in [1.29, 1.82) is 0 Å². The van der Waals surface area contributed by atoms with Gasteiger partial charge in [-0.2, -0.15) is 0 Å². The lowest BCUT2D eigenvalue weighted by molar-refractivity contribution is -0.144. The van der Waals surface area contributed by atoms with E-state index in [0.717, 1.165) is 19.6 Å². The minimum Gasteiger partial charge on any atom is -0.480 e. The van der Waals surface area contributed by atoms with Crippen LogP contribution in [0.25, 0.3) is 0 Å². The maximum Gasteiger partial charge on any atom is 0.451 e. The van der Waals surface area contributed by atoms with E-state index >= 15 is 0 Å². The zero-order valence-electron chi connectivity index (χ0n) is 14.5. The number of likely N-dealkylation sites (tertiary alicyclic amines) is 1. The lowest BCUT2D eigenvalue weighted by Gasteiger charge is -2.25. The minimum absolute atomic E-state index is 0.183. The molecule has 0 spiro atoms. The third-order valence-electron chi connectivity index (χ3n) is 4.88. The van der Waals surface area contributed by atoms with Gasteiger partial charge in [0.15, 0.2) is 0 Å². The SMILES string of the molecule is N[C@@]1(C(=O)O)CN(CCNCc2ccccc2)C[C@@H]1CCCB(O)O.